The van der Waals surface area contributed by atoms with Crippen molar-refractivity contribution in [3.05, 3.63) is 265 Å². The van der Waals surface area contributed by atoms with E-state index >= 15 is 0 Å². The minimum absolute atomic E-state index is 0.599. The third-order valence-electron chi connectivity index (χ3n) is 14.7. The van der Waals surface area contributed by atoms with Gasteiger partial charge in [-0.3, -0.25) is 0 Å². The minimum Gasteiger partial charge on any atom is -0.310 e. The van der Waals surface area contributed by atoms with Crippen molar-refractivity contribution in [3.8, 4) is 67.9 Å². The maximum Gasteiger partial charge on any atom is 0.164 e. The van der Waals surface area contributed by atoms with Gasteiger partial charge in [-0.1, -0.05) is 200 Å². The number of aromatic nitrogens is 5. The maximum absolute atomic E-state index is 5.57. The van der Waals surface area contributed by atoms with Crippen molar-refractivity contribution >= 4 is 59.5 Å². The van der Waals surface area contributed by atoms with Crippen molar-refractivity contribution < 1.29 is 0 Å². The van der Waals surface area contributed by atoms with Crippen LogP contribution in [0, 0.1) is 0 Å². The summed E-state index contributed by atoms with van der Waals surface area (Å²) in [6.45, 7) is 0. The first-order valence-corrected chi connectivity index (χ1v) is 25.4. The summed E-state index contributed by atoms with van der Waals surface area (Å²) in [4.78, 5) is 29.4. The van der Waals surface area contributed by atoms with Gasteiger partial charge < -0.3 is 4.90 Å². The van der Waals surface area contributed by atoms with Gasteiger partial charge in [0.05, 0.1) is 32.7 Å². The van der Waals surface area contributed by atoms with Gasteiger partial charge in [-0.25, -0.2) is 24.9 Å². The third kappa shape index (κ3) is 6.32. The first-order chi connectivity index (χ1) is 36.2. The first kappa shape index (κ1) is 41.4. The summed E-state index contributed by atoms with van der Waals surface area (Å²) in [6.07, 6.45) is 0. The number of fused-ring (bicyclic) bond motifs is 13. The van der Waals surface area contributed by atoms with E-state index in [1.807, 2.05) is 36.4 Å². The molecule has 1 aliphatic carbocycles. The van der Waals surface area contributed by atoms with Crippen LogP contribution in [0.3, 0.4) is 0 Å². The van der Waals surface area contributed by atoms with Gasteiger partial charge in [0.25, 0.3) is 0 Å². The van der Waals surface area contributed by atoms with Crippen LogP contribution in [0.5, 0.6) is 0 Å². The number of hydrogen-bond donors (Lipinski definition) is 0. The Kier molecular flexibility index (Phi) is 9.24. The summed E-state index contributed by atoms with van der Waals surface area (Å²) in [5, 5.41) is 3.49. The molecule has 73 heavy (non-hydrogen) atoms. The Balaban J connectivity index is 1.03. The molecule has 2 aliphatic rings. The smallest absolute Gasteiger partial charge is 0.164 e. The number of hydrogen-bond acceptors (Lipinski definition) is 7. The zero-order valence-corrected chi connectivity index (χ0v) is 40.0. The van der Waals surface area contributed by atoms with Gasteiger partial charge in [0.15, 0.2) is 23.3 Å². The molecule has 10 aromatic carbocycles. The molecule has 0 atom stereocenters. The lowest BCUT2D eigenvalue weighted by Crippen LogP contribution is -2.36. The van der Waals surface area contributed by atoms with Crippen LogP contribution < -0.4 is 4.90 Å². The van der Waals surface area contributed by atoms with Gasteiger partial charge in [0.1, 0.15) is 0 Å². The van der Waals surface area contributed by atoms with E-state index in [9.17, 15) is 0 Å². The Bertz CT molecular complexity index is 4240. The molecule has 340 valence electrons. The Morgan fingerprint density at radius 3 is 1.66 bits per heavy atom. The first-order valence-electron chi connectivity index (χ1n) is 24.6. The van der Waals surface area contributed by atoms with E-state index in [1.54, 1.807) is 11.3 Å². The van der Waals surface area contributed by atoms with E-state index in [2.05, 4.69) is 211 Å². The zero-order chi connectivity index (χ0) is 48.0. The van der Waals surface area contributed by atoms with E-state index in [0.717, 1.165) is 82.9 Å². The summed E-state index contributed by atoms with van der Waals surface area (Å²) in [6, 6.07) is 86.3. The van der Waals surface area contributed by atoms with Crippen molar-refractivity contribution in [2.24, 2.45) is 0 Å². The fourth-order valence-electron chi connectivity index (χ4n) is 11.6. The molecule has 3 aromatic heterocycles. The molecule has 1 spiro atoms. The number of rotatable bonds is 6. The van der Waals surface area contributed by atoms with Crippen molar-refractivity contribution in [3.63, 3.8) is 0 Å². The second-order valence-electron chi connectivity index (χ2n) is 18.7. The fraction of sp³-hybridized carbons (Fsp3) is 0.0152. The van der Waals surface area contributed by atoms with Gasteiger partial charge >= 0.3 is 0 Å². The highest BCUT2D eigenvalue weighted by molar-refractivity contribution is 7.26. The lowest BCUT2D eigenvalue weighted by Gasteiger charge is -2.45. The van der Waals surface area contributed by atoms with Gasteiger partial charge in [-0.05, 0) is 86.6 Å². The Hall–Kier alpha value is -9.43. The van der Waals surface area contributed by atoms with Crippen molar-refractivity contribution in [1.29, 1.82) is 0 Å². The molecule has 13 aromatic rings. The molecule has 7 heteroatoms. The van der Waals surface area contributed by atoms with Crippen molar-refractivity contribution in [2.75, 3.05) is 4.90 Å². The maximum atomic E-state index is 5.57. The van der Waals surface area contributed by atoms with Crippen LogP contribution in [-0.4, -0.2) is 24.9 Å². The number of benzene rings is 10. The van der Waals surface area contributed by atoms with Crippen LogP contribution in [0.1, 0.15) is 22.3 Å². The molecule has 0 saturated carbocycles. The molecule has 4 heterocycles. The van der Waals surface area contributed by atoms with Crippen LogP contribution in [0.25, 0.3) is 99.0 Å². The van der Waals surface area contributed by atoms with E-state index in [1.165, 1.54) is 32.2 Å². The Morgan fingerprint density at radius 1 is 0.356 bits per heavy atom. The molecule has 15 rings (SSSR count). The van der Waals surface area contributed by atoms with Crippen LogP contribution in [-0.2, 0) is 5.41 Å². The van der Waals surface area contributed by atoms with Crippen LogP contribution >= 0.6 is 11.3 Å². The second-order valence-corrected chi connectivity index (χ2v) is 19.8. The number of para-hydroxylation sites is 3. The summed E-state index contributed by atoms with van der Waals surface area (Å²) in [5.74, 6) is 2.49. The predicted molar refractivity (Wildman–Crippen MR) is 299 cm³/mol. The number of nitrogens with zero attached hydrogens (tertiary/aromatic N) is 6. The molecule has 6 nitrogen and oxygen atoms in total. The average molecular weight is 949 g/mol. The van der Waals surface area contributed by atoms with E-state index in [-0.39, 0.29) is 0 Å². The van der Waals surface area contributed by atoms with Crippen molar-refractivity contribution in [1.82, 2.24) is 24.9 Å². The highest BCUT2D eigenvalue weighted by atomic mass is 32.1. The molecule has 0 amide bonds. The monoisotopic (exact) mass is 948 g/mol. The summed E-state index contributed by atoms with van der Waals surface area (Å²) >= 11 is 1.75. The van der Waals surface area contributed by atoms with E-state index < -0.39 is 5.41 Å². The average Bonchev–Trinajstić information content (AvgIpc) is 3.99. The quantitative estimate of drug-likeness (QED) is 0.165. The molecular formula is C66H40N6S. The van der Waals surface area contributed by atoms with Crippen LogP contribution in [0.4, 0.5) is 17.1 Å². The van der Waals surface area contributed by atoms with Gasteiger partial charge in [0, 0.05) is 43.6 Å². The lowest BCUT2D eigenvalue weighted by atomic mass is 9.64. The molecule has 1 aliphatic heterocycles. The molecule has 0 saturated heterocycles. The third-order valence-corrected chi connectivity index (χ3v) is 15.9. The Morgan fingerprint density at radius 2 is 0.932 bits per heavy atom. The van der Waals surface area contributed by atoms with Gasteiger partial charge in [-0.15, -0.1) is 11.3 Å². The van der Waals surface area contributed by atoms with Crippen LogP contribution in [0.15, 0.2) is 243 Å². The summed E-state index contributed by atoms with van der Waals surface area (Å²) in [5.41, 5.74) is 16.1. The highest BCUT2D eigenvalue weighted by Gasteiger charge is 2.52. The number of anilines is 3. The fourth-order valence-corrected chi connectivity index (χ4v) is 12.7. The topological polar surface area (TPSA) is 67.7 Å². The highest BCUT2D eigenvalue weighted by Crippen LogP contribution is 2.65. The van der Waals surface area contributed by atoms with Crippen LogP contribution in [0.2, 0.25) is 0 Å². The largest absolute Gasteiger partial charge is 0.310 e. The molecule has 0 radical (unpaired) electrons. The Labute approximate surface area is 425 Å². The van der Waals surface area contributed by atoms with E-state index in [4.69, 9.17) is 24.9 Å². The second kappa shape index (κ2) is 16.3. The van der Waals surface area contributed by atoms with Gasteiger partial charge in [-0.2, -0.15) is 0 Å². The zero-order valence-electron chi connectivity index (χ0n) is 39.2. The summed E-state index contributed by atoms with van der Waals surface area (Å²) < 4.78 is 2.26. The number of thiophene rings is 1. The minimum atomic E-state index is -0.736. The summed E-state index contributed by atoms with van der Waals surface area (Å²) in [7, 11) is 0. The standard InChI is InChI=1S/C66H40N6S/c1-4-20-42(21-5-1)62-69-63(43-22-6-2-7-23-43)71-65(70-62)49-28-18-31-54-58(49)50-40-46(64-67-59(45-36-35-41-19-10-11-24-44(41)39-45)61-60(68-64)48-27-12-17-34-57(48)73-61)37-38-51(50)66(54)52-29-13-15-32-55(52)72(47-25-8-3-9-26-47)56-33-16-14-30-53(56)66/h1-40H. The SMILES string of the molecule is c1ccc(-c2nc(-c3ccccc3)nc(-c3cccc4c3-c3cc(-c5nc(-c6ccc7ccccc7c6)c6sc7ccccc7c6n5)ccc3C43c4ccccc4N(c4ccccc4)c4ccccc43)n2)cc1. The predicted octanol–water partition coefficient (Wildman–Crippen LogP) is 16.7. The van der Waals surface area contributed by atoms with E-state index in [0.29, 0.717) is 23.3 Å². The molecular weight excluding hydrogens is 909 g/mol. The normalized spacial score (nSPS) is 13.0. The molecule has 0 N–H and O–H groups in total. The molecule has 0 unspecified atom stereocenters. The molecule has 0 bridgehead atoms. The van der Waals surface area contributed by atoms with Crippen molar-refractivity contribution in [2.45, 2.75) is 5.41 Å². The lowest BCUT2D eigenvalue weighted by molar-refractivity contribution is 0.752. The molecule has 0 fully saturated rings. The van der Waals surface area contributed by atoms with Gasteiger partial charge in [0.2, 0.25) is 0 Å².